The quantitative estimate of drug-likeness (QED) is 0.460. The van der Waals surface area contributed by atoms with Crippen molar-refractivity contribution in [2.45, 2.75) is 0 Å². The summed E-state index contributed by atoms with van der Waals surface area (Å²) in [5.74, 6) is 0. The normalized spacial score (nSPS) is 11.4. The van der Waals surface area contributed by atoms with E-state index in [1.165, 1.54) is 6.33 Å². The van der Waals surface area contributed by atoms with Crippen LogP contribution < -0.4 is 0 Å². The number of rotatable bonds is 3. The number of hydrogen-bond acceptors (Lipinski definition) is 5. The van der Waals surface area contributed by atoms with Crippen LogP contribution in [0.5, 0.6) is 0 Å². The van der Waals surface area contributed by atoms with Crippen molar-refractivity contribution in [3.63, 3.8) is 0 Å². The van der Waals surface area contributed by atoms with Crippen LogP contribution in [0.2, 0.25) is 0 Å². The lowest BCUT2D eigenvalue weighted by Gasteiger charge is -2.01. The number of fused-ring (bicyclic) bond motifs is 2. The molecule has 7 nitrogen and oxygen atoms in total. The highest BCUT2D eigenvalue weighted by molar-refractivity contribution is 6.00. The third-order valence-corrected chi connectivity index (χ3v) is 5.08. The molecule has 0 aliphatic rings. The van der Waals surface area contributed by atoms with E-state index in [4.69, 9.17) is 4.42 Å². The summed E-state index contributed by atoms with van der Waals surface area (Å²) in [5.41, 5.74) is 7.58. The minimum Gasteiger partial charge on any atom is -0.472 e. The largest absolute Gasteiger partial charge is 0.472 e. The summed E-state index contributed by atoms with van der Waals surface area (Å²) in [6.45, 7) is 0. The zero-order valence-corrected chi connectivity index (χ0v) is 15.1. The van der Waals surface area contributed by atoms with E-state index in [0.29, 0.717) is 0 Å². The summed E-state index contributed by atoms with van der Waals surface area (Å²) in [5, 5.41) is 9.71. The lowest BCUT2D eigenvalue weighted by Crippen LogP contribution is -1.83. The van der Waals surface area contributed by atoms with Gasteiger partial charge < -0.3 is 9.40 Å². The first-order chi connectivity index (χ1) is 14.4. The average molecular weight is 378 g/mol. The Balaban J connectivity index is 1.53. The van der Waals surface area contributed by atoms with E-state index in [2.05, 4.69) is 42.3 Å². The molecule has 6 rings (SSSR count). The summed E-state index contributed by atoms with van der Waals surface area (Å²) < 4.78 is 5.25. The van der Waals surface area contributed by atoms with Crippen molar-refractivity contribution in [3.05, 3.63) is 73.8 Å². The van der Waals surface area contributed by atoms with Crippen LogP contribution in [0.3, 0.4) is 0 Å². The Kier molecular flexibility index (Phi) is 3.33. The maximum absolute atomic E-state index is 5.25. The maximum Gasteiger partial charge on any atom is 0.138 e. The number of aromatic amines is 2. The zero-order valence-electron chi connectivity index (χ0n) is 15.1. The van der Waals surface area contributed by atoms with Crippen molar-refractivity contribution < 1.29 is 4.42 Å². The Labute approximate surface area is 164 Å². The van der Waals surface area contributed by atoms with Gasteiger partial charge in [0.15, 0.2) is 0 Å². The average Bonchev–Trinajstić information content (AvgIpc) is 3.52. The van der Waals surface area contributed by atoms with Crippen LogP contribution in [0, 0.1) is 0 Å². The molecule has 5 heterocycles. The smallest absolute Gasteiger partial charge is 0.138 e. The van der Waals surface area contributed by atoms with E-state index in [0.717, 1.165) is 55.6 Å². The van der Waals surface area contributed by atoms with Gasteiger partial charge in [-0.3, -0.25) is 5.10 Å². The first kappa shape index (κ1) is 15.8. The monoisotopic (exact) mass is 378 g/mol. The van der Waals surface area contributed by atoms with Gasteiger partial charge in [0.25, 0.3) is 0 Å². The summed E-state index contributed by atoms with van der Waals surface area (Å²) in [4.78, 5) is 16.1. The number of benzene rings is 1. The van der Waals surface area contributed by atoms with Crippen molar-refractivity contribution >= 4 is 21.9 Å². The molecule has 0 unspecified atom stereocenters. The van der Waals surface area contributed by atoms with Crippen LogP contribution >= 0.6 is 0 Å². The van der Waals surface area contributed by atoms with Crippen molar-refractivity contribution in [3.8, 4) is 33.6 Å². The first-order valence-corrected chi connectivity index (χ1v) is 9.11. The summed E-state index contributed by atoms with van der Waals surface area (Å²) in [6.07, 6.45) is 10.3. The molecule has 5 aromatic heterocycles. The molecule has 0 amide bonds. The molecule has 0 aliphatic carbocycles. The summed E-state index contributed by atoms with van der Waals surface area (Å²) in [6, 6.07) is 12.2. The third kappa shape index (κ3) is 2.52. The fraction of sp³-hybridized carbons (Fsp3) is 0. The van der Waals surface area contributed by atoms with E-state index < -0.39 is 0 Å². The maximum atomic E-state index is 5.25. The first-order valence-electron chi connectivity index (χ1n) is 9.11. The molecule has 0 radical (unpaired) electrons. The number of nitrogens with zero attached hydrogens (tertiary/aromatic N) is 4. The second-order valence-electron chi connectivity index (χ2n) is 6.78. The number of nitrogens with one attached hydrogen (secondary N) is 2. The van der Waals surface area contributed by atoms with Gasteiger partial charge in [-0.25, -0.2) is 15.0 Å². The van der Waals surface area contributed by atoms with Crippen molar-refractivity contribution in [1.82, 2.24) is 30.1 Å². The predicted octanol–water partition coefficient (Wildman–Crippen LogP) is 4.82. The number of H-pyrrole nitrogens is 2. The number of pyridine rings is 1. The molecule has 0 spiro atoms. The van der Waals surface area contributed by atoms with Gasteiger partial charge in [-0.05, 0) is 41.5 Å². The van der Waals surface area contributed by atoms with Gasteiger partial charge in [-0.2, -0.15) is 5.10 Å². The highest BCUT2D eigenvalue weighted by Crippen LogP contribution is 2.34. The third-order valence-electron chi connectivity index (χ3n) is 5.08. The summed E-state index contributed by atoms with van der Waals surface area (Å²) >= 11 is 0. The van der Waals surface area contributed by atoms with Crippen LogP contribution in [0.15, 0.2) is 78.3 Å². The molecule has 7 heteroatoms. The van der Waals surface area contributed by atoms with Crippen LogP contribution in [-0.4, -0.2) is 30.1 Å². The van der Waals surface area contributed by atoms with Gasteiger partial charge in [0.2, 0.25) is 0 Å². The van der Waals surface area contributed by atoms with Crippen molar-refractivity contribution in [1.29, 1.82) is 0 Å². The van der Waals surface area contributed by atoms with E-state index in [1.807, 2.05) is 24.3 Å². The molecule has 0 saturated heterocycles. The molecule has 138 valence electrons. The van der Waals surface area contributed by atoms with Crippen LogP contribution in [0.1, 0.15) is 0 Å². The Hall–Kier alpha value is -4.26. The minimum absolute atomic E-state index is 0.808. The number of furan rings is 1. The van der Waals surface area contributed by atoms with E-state index >= 15 is 0 Å². The second kappa shape index (κ2) is 6.13. The lowest BCUT2D eigenvalue weighted by atomic mass is 10.0. The molecule has 1 aromatic carbocycles. The minimum atomic E-state index is 0.808. The van der Waals surface area contributed by atoms with Gasteiger partial charge >= 0.3 is 0 Å². The fourth-order valence-corrected chi connectivity index (χ4v) is 3.67. The number of hydrogen-bond donors (Lipinski definition) is 2. The highest BCUT2D eigenvalue weighted by atomic mass is 16.3. The van der Waals surface area contributed by atoms with Gasteiger partial charge in [0.05, 0.1) is 23.7 Å². The SMILES string of the molecule is c1ncc(-c2ccc3[nH]nc(-c4cc5c(-c6ccoc6)ccnc5[nH]4)c3c2)cn1. The lowest BCUT2D eigenvalue weighted by molar-refractivity contribution is 0.568. The van der Waals surface area contributed by atoms with Crippen molar-refractivity contribution in [2.24, 2.45) is 0 Å². The van der Waals surface area contributed by atoms with E-state index in [-0.39, 0.29) is 0 Å². The molecule has 2 N–H and O–H groups in total. The molecule has 0 bridgehead atoms. The number of aromatic nitrogens is 6. The Bertz CT molecular complexity index is 1450. The molecule has 6 aromatic rings. The van der Waals surface area contributed by atoms with Crippen molar-refractivity contribution in [2.75, 3.05) is 0 Å². The molecular weight excluding hydrogens is 364 g/mol. The molecular formula is C22H14N6O. The van der Waals surface area contributed by atoms with Crippen LogP contribution in [-0.2, 0) is 0 Å². The molecule has 0 aliphatic heterocycles. The Morgan fingerprint density at radius 2 is 1.79 bits per heavy atom. The standard InChI is InChI=1S/C22H14N6O/c1-2-19-18(7-13(1)15-9-23-12-24-10-15)21(28-27-19)20-8-17-16(14-4-6-29-11-14)3-5-25-22(17)26-20/h1-12H,(H,25,26)(H,27,28). The fourth-order valence-electron chi connectivity index (χ4n) is 3.67. The molecule has 0 atom stereocenters. The Morgan fingerprint density at radius 3 is 2.66 bits per heavy atom. The zero-order chi connectivity index (χ0) is 19.2. The van der Waals surface area contributed by atoms with Gasteiger partial charge in [0.1, 0.15) is 17.7 Å². The Morgan fingerprint density at radius 1 is 0.862 bits per heavy atom. The van der Waals surface area contributed by atoms with Gasteiger partial charge in [-0.1, -0.05) is 6.07 Å². The molecule has 0 fully saturated rings. The second-order valence-corrected chi connectivity index (χ2v) is 6.78. The molecule has 0 saturated carbocycles. The molecule has 29 heavy (non-hydrogen) atoms. The predicted molar refractivity (Wildman–Crippen MR) is 110 cm³/mol. The van der Waals surface area contributed by atoms with Crippen LogP contribution in [0.4, 0.5) is 0 Å². The van der Waals surface area contributed by atoms with Crippen LogP contribution in [0.25, 0.3) is 55.6 Å². The topological polar surface area (TPSA) is 96.3 Å². The van der Waals surface area contributed by atoms with E-state index in [9.17, 15) is 0 Å². The van der Waals surface area contributed by atoms with E-state index in [1.54, 1.807) is 31.1 Å². The van der Waals surface area contributed by atoms with Gasteiger partial charge in [-0.15, -0.1) is 0 Å². The van der Waals surface area contributed by atoms with Gasteiger partial charge in [0, 0.05) is 40.5 Å². The highest BCUT2D eigenvalue weighted by Gasteiger charge is 2.15. The summed E-state index contributed by atoms with van der Waals surface area (Å²) in [7, 11) is 0.